The number of esters is 1. The minimum Gasteiger partial charge on any atom is -0.463 e. The molecule has 0 spiro atoms. The van der Waals surface area contributed by atoms with Gasteiger partial charge in [0.1, 0.15) is 0 Å². The first-order chi connectivity index (χ1) is 13.0. The molecule has 0 saturated heterocycles. The van der Waals surface area contributed by atoms with Gasteiger partial charge in [-0.2, -0.15) is 0 Å². The fourth-order valence-electron chi connectivity index (χ4n) is 2.57. The highest BCUT2D eigenvalue weighted by Crippen LogP contribution is 2.30. The zero-order valence-corrected chi connectivity index (χ0v) is 16.2. The molecule has 1 aromatic carbocycles. The number of thioether (sulfide) groups is 1. The lowest BCUT2D eigenvalue weighted by molar-refractivity contribution is -0.139. The smallest absolute Gasteiger partial charge is 0.338 e. The molecule has 0 bridgehead atoms. The van der Waals surface area contributed by atoms with Crippen LogP contribution in [0.1, 0.15) is 18.5 Å². The van der Waals surface area contributed by atoms with Crippen molar-refractivity contribution in [1.29, 1.82) is 0 Å². The van der Waals surface area contributed by atoms with Gasteiger partial charge in [0.2, 0.25) is 5.16 Å². The minimum absolute atomic E-state index is 0.219. The average Bonchev–Trinajstić information content (AvgIpc) is 3.05. The standard InChI is InChI=1S/C16H17ClN6O3S/c1-3-26-14(24)12-11(8-27-16-20-21-22-23(16)2)18-15(25)19-13(12)9-4-6-10(17)7-5-9/h4-7,13H,3,8H2,1-2H3,(H2,18,19,25). The molecule has 1 aliphatic heterocycles. The Hall–Kier alpha value is -2.59. The summed E-state index contributed by atoms with van der Waals surface area (Å²) in [5.74, 6) is -0.212. The molecule has 1 atom stereocenters. The molecule has 0 aliphatic carbocycles. The number of nitrogens with zero attached hydrogens (tertiary/aromatic N) is 4. The summed E-state index contributed by atoms with van der Waals surface area (Å²) in [4.78, 5) is 24.8. The molecule has 27 heavy (non-hydrogen) atoms. The van der Waals surface area contributed by atoms with Crippen LogP contribution in [0, 0.1) is 0 Å². The molecule has 1 unspecified atom stereocenters. The number of carbonyl (C=O) groups is 2. The predicted octanol–water partition coefficient (Wildman–Crippen LogP) is 1.83. The number of amides is 2. The molecule has 1 aromatic heterocycles. The maximum Gasteiger partial charge on any atom is 0.338 e. The molecule has 1 aliphatic rings. The first-order valence-electron chi connectivity index (χ1n) is 8.08. The minimum atomic E-state index is -0.650. The van der Waals surface area contributed by atoms with E-state index < -0.39 is 18.0 Å². The van der Waals surface area contributed by atoms with Gasteiger partial charge in [0.05, 0.1) is 18.2 Å². The maximum absolute atomic E-state index is 12.6. The van der Waals surface area contributed by atoms with Crippen molar-refractivity contribution in [2.24, 2.45) is 7.05 Å². The molecule has 2 amide bonds. The summed E-state index contributed by atoms with van der Waals surface area (Å²) >= 11 is 7.25. The Balaban J connectivity index is 1.97. The van der Waals surface area contributed by atoms with E-state index >= 15 is 0 Å². The third kappa shape index (κ3) is 4.40. The van der Waals surface area contributed by atoms with Gasteiger partial charge in [-0.05, 0) is 35.0 Å². The Bertz CT molecular complexity index is 883. The molecule has 3 rings (SSSR count). The lowest BCUT2D eigenvalue weighted by Gasteiger charge is -2.29. The van der Waals surface area contributed by atoms with Crippen molar-refractivity contribution >= 4 is 35.4 Å². The summed E-state index contributed by atoms with van der Waals surface area (Å²) in [6, 6.07) is 5.86. The van der Waals surface area contributed by atoms with Gasteiger partial charge >= 0.3 is 12.0 Å². The van der Waals surface area contributed by atoms with Crippen molar-refractivity contribution in [3.8, 4) is 0 Å². The number of tetrazole rings is 1. The average molecular weight is 409 g/mol. The Kier molecular flexibility index (Phi) is 5.97. The van der Waals surface area contributed by atoms with Crippen molar-refractivity contribution in [1.82, 2.24) is 30.8 Å². The second kappa shape index (κ2) is 8.40. The largest absolute Gasteiger partial charge is 0.463 e. The number of benzene rings is 1. The quantitative estimate of drug-likeness (QED) is 0.554. The van der Waals surface area contributed by atoms with Crippen molar-refractivity contribution in [2.45, 2.75) is 18.1 Å². The molecular weight excluding hydrogens is 392 g/mol. The van der Waals surface area contributed by atoms with Crippen molar-refractivity contribution in [3.05, 3.63) is 46.1 Å². The molecule has 0 fully saturated rings. The van der Waals surface area contributed by atoms with E-state index in [1.165, 1.54) is 16.4 Å². The Morgan fingerprint density at radius 2 is 2.11 bits per heavy atom. The van der Waals surface area contributed by atoms with E-state index in [1.54, 1.807) is 38.2 Å². The van der Waals surface area contributed by atoms with Gasteiger partial charge in [0.25, 0.3) is 0 Å². The predicted molar refractivity (Wildman–Crippen MR) is 99.0 cm³/mol. The number of carbonyl (C=O) groups excluding carboxylic acids is 2. The van der Waals surface area contributed by atoms with Crippen molar-refractivity contribution in [2.75, 3.05) is 12.4 Å². The highest BCUT2D eigenvalue weighted by Gasteiger charge is 2.33. The van der Waals surface area contributed by atoms with Crippen LogP contribution in [0.4, 0.5) is 4.79 Å². The van der Waals surface area contributed by atoms with Gasteiger partial charge in [0, 0.05) is 23.5 Å². The topological polar surface area (TPSA) is 111 Å². The van der Waals surface area contributed by atoms with Crippen LogP contribution in [0.5, 0.6) is 0 Å². The zero-order valence-electron chi connectivity index (χ0n) is 14.6. The Morgan fingerprint density at radius 3 is 2.74 bits per heavy atom. The summed E-state index contributed by atoms with van der Waals surface area (Å²) in [6.07, 6.45) is 0. The Labute approximate surface area is 164 Å². The SMILES string of the molecule is CCOC(=O)C1=C(CSc2nnnn2C)NC(=O)NC1c1ccc(Cl)cc1. The molecule has 2 N–H and O–H groups in total. The van der Waals surface area contributed by atoms with Crippen LogP contribution >= 0.6 is 23.4 Å². The maximum atomic E-state index is 12.6. The number of aromatic nitrogens is 4. The van der Waals surface area contributed by atoms with E-state index in [9.17, 15) is 9.59 Å². The summed E-state index contributed by atoms with van der Waals surface area (Å²) in [6.45, 7) is 1.95. The number of rotatable bonds is 6. The van der Waals surface area contributed by atoms with Crippen LogP contribution in [0.15, 0.2) is 40.7 Å². The van der Waals surface area contributed by atoms with Gasteiger partial charge in [-0.3, -0.25) is 0 Å². The number of aryl methyl sites for hydroxylation is 1. The fourth-order valence-corrected chi connectivity index (χ4v) is 3.51. The zero-order chi connectivity index (χ0) is 19.4. The van der Waals surface area contributed by atoms with Gasteiger partial charge in [-0.25, -0.2) is 14.3 Å². The molecule has 0 radical (unpaired) electrons. The summed E-state index contributed by atoms with van der Waals surface area (Å²) in [5, 5.41) is 17.8. The summed E-state index contributed by atoms with van der Waals surface area (Å²) < 4.78 is 6.72. The lowest BCUT2D eigenvalue weighted by atomic mass is 9.95. The van der Waals surface area contributed by atoms with Crippen LogP contribution in [-0.4, -0.2) is 44.6 Å². The second-order valence-electron chi connectivity index (χ2n) is 5.57. The number of nitrogens with one attached hydrogen (secondary N) is 2. The number of ether oxygens (including phenoxy) is 1. The van der Waals surface area contributed by atoms with Crippen molar-refractivity contribution < 1.29 is 14.3 Å². The van der Waals surface area contributed by atoms with E-state index in [2.05, 4.69) is 26.2 Å². The van der Waals surface area contributed by atoms with Gasteiger partial charge in [0.15, 0.2) is 0 Å². The monoisotopic (exact) mass is 408 g/mol. The van der Waals surface area contributed by atoms with E-state index in [-0.39, 0.29) is 6.61 Å². The summed E-state index contributed by atoms with van der Waals surface area (Å²) in [7, 11) is 1.71. The number of hydrogen-bond acceptors (Lipinski definition) is 7. The molecule has 9 nitrogen and oxygen atoms in total. The first-order valence-corrected chi connectivity index (χ1v) is 9.44. The molecule has 142 valence electrons. The van der Waals surface area contributed by atoms with Gasteiger partial charge in [-0.15, -0.1) is 5.10 Å². The molecule has 2 aromatic rings. The van der Waals surface area contributed by atoms with Crippen LogP contribution in [-0.2, 0) is 16.6 Å². The van der Waals surface area contributed by atoms with Crippen LogP contribution in [0.25, 0.3) is 0 Å². The number of hydrogen-bond donors (Lipinski definition) is 2. The number of urea groups is 1. The molecule has 0 saturated carbocycles. The van der Waals surface area contributed by atoms with E-state index in [4.69, 9.17) is 16.3 Å². The normalized spacial score (nSPS) is 16.7. The van der Waals surface area contributed by atoms with Crippen LogP contribution in [0.2, 0.25) is 5.02 Å². The van der Waals surface area contributed by atoms with E-state index in [0.29, 0.717) is 27.2 Å². The van der Waals surface area contributed by atoms with E-state index in [1.807, 2.05) is 0 Å². The first kappa shape index (κ1) is 19.2. The van der Waals surface area contributed by atoms with Crippen LogP contribution in [0.3, 0.4) is 0 Å². The van der Waals surface area contributed by atoms with Crippen LogP contribution < -0.4 is 10.6 Å². The third-order valence-corrected chi connectivity index (χ3v) is 5.07. The molecule has 11 heteroatoms. The fraction of sp³-hybridized carbons (Fsp3) is 0.312. The van der Waals surface area contributed by atoms with Gasteiger partial charge in [-0.1, -0.05) is 35.5 Å². The highest BCUT2D eigenvalue weighted by atomic mass is 35.5. The molecule has 2 heterocycles. The van der Waals surface area contributed by atoms with E-state index in [0.717, 1.165) is 5.56 Å². The Morgan fingerprint density at radius 1 is 1.37 bits per heavy atom. The second-order valence-corrected chi connectivity index (χ2v) is 6.95. The summed E-state index contributed by atoms with van der Waals surface area (Å²) in [5.41, 5.74) is 1.51. The van der Waals surface area contributed by atoms with Gasteiger partial charge < -0.3 is 15.4 Å². The molecular formula is C16H17ClN6O3S. The van der Waals surface area contributed by atoms with Crippen molar-refractivity contribution in [3.63, 3.8) is 0 Å². The highest BCUT2D eigenvalue weighted by molar-refractivity contribution is 7.99. The number of halogens is 1. The third-order valence-electron chi connectivity index (χ3n) is 3.78. The lowest BCUT2D eigenvalue weighted by Crippen LogP contribution is -2.46.